The second-order valence-electron chi connectivity index (χ2n) is 6.50. The molecule has 1 aliphatic rings. The van der Waals surface area contributed by atoms with Crippen molar-refractivity contribution in [2.24, 2.45) is 4.99 Å². The van der Waals surface area contributed by atoms with E-state index >= 15 is 0 Å². The first kappa shape index (κ1) is 22.4. The van der Waals surface area contributed by atoms with E-state index in [1.807, 2.05) is 19.1 Å². The van der Waals surface area contributed by atoms with E-state index in [0.717, 1.165) is 23.6 Å². The number of morpholine rings is 1. The van der Waals surface area contributed by atoms with Crippen LogP contribution in [-0.4, -0.2) is 49.2 Å². The number of benzene rings is 1. The van der Waals surface area contributed by atoms with Crippen molar-refractivity contribution < 1.29 is 13.9 Å². The molecule has 0 amide bonds. The molecule has 8 heteroatoms. The van der Waals surface area contributed by atoms with E-state index < -0.39 is 0 Å². The normalized spacial score (nSPS) is 19.7. The maximum Gasteiger partial charge on any atom is 0.213 e. The van der Waals surface area contributed by atoms with E-state index in [-0.39, 0.29) is 42.0 Å². The molecule has 28 heavy (non-hydrogen) atoms. The number of rotatable bonds is 4. The summed E-state index contributed by atoms with van der Waals surface area (Å²) in [6.45, 7) is 4.02. The summed E-state index contributed by atoms with van der Waals surface area (Å²) in [7, 11) is 3.37. The van der Waals surface area contributed by atoms with Crippen LogP contribution in [0.2, 0.25) is 0 Å². The van der Waals surface area contributed by atoms with Crippen LogP contribution in [0.25, 0.3) is 0 Å². The van der Waals surface area contributed by atoms with Gasteiger partial charge in [0, 0.05) is 32.4 Å². The van der Waals surface area contributed by atoms with Gasteiger partial charge in [0.25, 0.3) is 0 Å². The Balaban J connectivity index is 0.00000280. The van der Waals surface area contributed by atoms with Gasteiger partial charge in [0.05, 0.1) is 19.8 Å². The summed E-state index contributed by atoms with van der Waals surface area (Å²) in [5.41, 5.74) is 2.02. The highest BCUT2D eigenvalue weighted by Crippen LogP contribution is 2.25. The number of pyridine rings is 1. The minimum absolute atomic E-state index is 0. The van der Waals surface area contributed by atoms with Crippen molar-refractivity contribution in [2.45, 2.75) is 25.7 Å². The number of aliphatic imine (C=N–C) groups is 1. The highest BCUT2D eigenvalue weighted by atomic mass is 127. The highest BCUT2D eigenvalue weighted by molar-refractivity contribution is 14.0. The first-order valence-corrected chi connectivity index (χ1v) is 8.94. The molecule has 0 bridgehead atoms. The number of guanidine groups is 1. The zero-order valence-corrected chi connectivity index (χ0v) is 18.6. The Morgan fingerprint density at radius 1 is 1.32 bits per heavy atom. The lowest BCUT2D eigenvalue weighted by Gasteiger charge is -2.38. The number of hydrogen-bond donors (Lipinski definition) is 1. The molecule has 3 rings (SSSR count). The van der Waals surface area contributed by atoms with Gasteiger partial charge >= 0.3 is 0 Å². The molecule has 0 radical (unpaired) electrons. The molecule has 1 saturated heterocycles. The van der Waals surface area contributed by atoms with Crippen LogP contribution in [0, 0.1) is 5.82 Å². The zero-order valence-electron chi connectivity index (χ0n) is 16.3. The predicted molar refractivity (Wildman–Crippen MR) is 118 cm³/mol. The molecule has 0 saturated carbocycles. The predicted octanol–water partition coefficient (Wildman–Crippen LogP) is 3.38. The minimum Gasteiger partial charge on any atom is -0.481 e. The van der Waals surface area contributed by atoms with Crippen molar-refractivity contribution in [3.63, 3.8) is 0 Å². The number of nitrogens with zero attached hydrogens (tertiary/aromatic N) is 3. The molecule has 1 aliphatic heterocycles. The Labute approximate surface area is 182 Å². The largest absolute Gasteiger partial charge is 0.481 e. The summed E-state index contributed by atoms with van der Waals surface area (Å²) >= 11 is 0. The van der Waals surface area contributed by atoms with Gasteiger partial charge in [-0.1, -0.05) is 12.1 Å². The zero-order chi connectivity index (χ0) is 19.2. The van der Waals surface area contributed by atoms with Crippen LogP contribution >= 0.6 is 24.0 Å². The highest BCUT2D eigenvalue weighted by Gasteiger charge is 2.28. The standard InChI is InChI=1S/C20H25FN4O2.HI/c1-14-12-25(13-18(27-14)16-4-6-17(21)7-5-16)20(22-2)24-11-15-8-9-23-19(10-15)26-3;/h4-10,14,18H,11-13H2,1-3H3,(H,22,24);1H. The van der Waals surface area contributed by atoms with E-state index in [4.69, 9.17) is 9.47 Å². The van der Waals surface area contributed by atoms with Crippen molar-refractivity contribution in [2.75, 3.05) is 27.2 Å². The van der Waals surface area contributed by atoms with Crippen molar-refractivity contribution >= 4 is 29.9 Å². The first-order valence-electron chi connectivity index (χ1n) is 8.94. The van der Waals surface area contributed by atoms with E-state index in [2.05, 4.69) is 20.2 Å². The molecule has 2 aromatic rings. The van der Waals surface area contributed by atoms with E-state index in [1.165, 1.54) is 12.1 Å². The van der Waals surface area contributed by atoms with Crippen LogP contribution in [0.4, 0.5) is 4.39 Å². The lowest BCUT2D eigenvalue weighted by Crippen LogP contribution is -2.50. The molecule has 1 aromatic carbocycles. The molecular weight excluding hydrogens is 474 g/mol. The van der Waals surface area contributed by atoms with Crippen LogP contribution in [0.5, 0.6) is 5.88 Å². The molecule has 152 valence electrons. The van der Waals surface area contributed by atoms with Gasteiger partial charge in [-0.15, -0.1) is 24.0 Å². The van der Waals surface area contributed by atoms with Crippen molar-refractivity contribution in [3.8, 4) is 5.88 Å². The van der Waals surface area contributed by atoms with Gasteiger partial charge in [-0.05, 0) is 36.2 Å². The van der Waals surface area contributed by atoms with Gasteiger partial charge in [-0.3, -0.25) is 4.99 Å². The van der Waals surface area contributed by atoms with Crippen LogP contribution in [0.3, 0.4) is 0 Å². The van der Waals surface area contributed by atoms with E-state index in [1.54, 1.807) is 32.5 Å². The first-order chi connectivity index (χ1) is 13.1. The fourth-order valence-electron chi connectivity index (χ4n) is 3.17. The Kier molecular flexibility index (Phi) is 8.43. The van der Waals surface area contributed by atoms with Gasteiger partial charge in [0.1, 0.15) is 11.9 Å². The minimum atomic E-state index is -0.246. The van der Waals surface area contributed by atoms with Gasteiger partial charge in [-0.25, -0.2) is 9.37 Å². The quantitative estimate of drug-likeness (QED) is 0.397. The monoisotopic (exact) mass is 500 g/mol. The number of nitrogens with one attached hydrogen (secondary N) is 1. The van der Waals surface area contributed by atoms with Crippen molar-refractivity contribution in [1.82, 2.24) is 15.2 Å². The third-order valence-electron chi connectivity index (χ3n) is 4.47. The van der Waals surface area contributed by atoms with Gasteiger partial charge in [-0.2, -0.15) is 0 Å². The molecule has 6 nitrogen and oxygen atoms in total. The molecule has 1 N–H and O–H groups in total. The van der Waals surface area contributed by atoms with Gasteiger partial charge < -0.3 is 19.7 Å². The van der Waals surface area contributed by atoms with Gasteiger partial charge in [0.2, 0.25) is 5.88 Å². The molecule has 2 heterocycles. The number of aromatic nitrogens is 1. The maximum absolute atomic E-state index is 13.2. The number of hydrogen-bond acceptors (Lipinski definition) is 4. The fraction of sp³-hybridized carbons (Fsp3) is 0.400. The summed E-state index contributed by atoms with van der Waals surface area (Å²) in [5, 5.41) is 3.39. The second kappa shape index (κ2) is 10.6. The lowest BCUT2D eigenvalue weighted by molar-refractivity contribution is -0.0605. The molecule has 1 aromatic heterocycles. The summed E-state index contributed by atoms with van der Waals surface area (Å²) in [6.07, 6.45) is 1.63. The number of ether oxygens (including phenoxy) is 2. The lowest BCUT2D eigenvalue weighted by atomic mass is 10.1. The third-order valence-corrected chi connectivity index (χ3v) is 4.47. The maximum atomic E-state index is 13.2. The smallest absolute Gasteiger partial charge is 0.213 e. The van der Waals surface area contributed by atoms with Crippen LogP contribution < -0.4 is 10.1 Å². The summed E-state index contributed by atoms with van der Waals surface area (Å²) in [5.74, 6) is 1.14. The van der Waals surface area contributed by atoms with Crippen LogP contribution in [0.1, 0.15) is 24.2 Å². The summed E-state index contributed by atoms with van der Waals surface area (Å²) in [4.78, 5) is 10.7. The van der Waals surface area contributed by atoms with E-state index in [9.17, 15) is 4.39 Å². The Hall–Kier alpha value is -1.94. The molecule has 0 aliphatic carbocycles. The number of methoxy groups -OCH3 is 1. The third kappa shape index (κ3) is 5.78. The summed E-state index contributed by atoms with van der Waals surface area (Å²) < 4.78 is 24.4. The molecule has 2 atom stereocenters. The molecule has 1 fully saturated rings. The Morgan fingerprint density at radius 3 is 2.75 bits per heavy atom. The average molecular weight is 500 g/mol. The van der Waals surface area contributed by atoms with E-state index in [0.29, 0.717) is 19.0 Å². The van der Waals surface area contributed by atoms with Gasteiger partial charge in [0.15, 0.2) is 5.96 Å². The van der Waals surface area contributed by atoms with Crippen LogP contribution in [-0.2, 0) is 11.3 Å². The molecular formula is C20H26FIN4O2. The van der Waals surface area contributed by atoms with Crippen molar-refractivity contribution in [3.05, 3.63) is 59.5 Å². The van der Waals surface area contributed by atoms with Crippen LogP contribution in [0.15, 0.2) is 47.6 Å². The number of halogens is 2. The SMILES string of the molecule is CN=C(NCc1ccnc(OC)c1)N1CC(C)OC(c2ccc(F)cc2)C1.I. The topological polar surface area (TPSA) is 59.0 Å². The van der Waals surface area contributed by atoms with Crippen molar-refractivity contribution in [1.29, 1.82) is 0 Å². The molecule has 0 spiro atoms. The average Bonchev–Trinajstić information content (AvgIpc) is 2.69. The summed E-state index contributed by atoms with van der Waals surface area (Å²) in [6, 6.07) is 10.3. The Morgan fingerprint density at radius 2 is 2.07 bits per heavy atom. The second-order valence-corrected chi connectivity index (χ2v) is 6.50. The molecule has 2 unspecified atom stereocenters. The fourth-order valence-corrected chi connectivity index (χ4v) is 3.17. The Bertz CT molecular complexity index is 788.